The van der Waals surface area contributed by atoms with Crippen LogP contribution in [-0.2, 0) is 6.42 Å². The van der Waals surface area contributed by atoms with Gasteiger partial charge < -0.3 is 5.73 Å². The molecule has 1 aliphatic carbocycles. The lowest BCUT2D eigenvalue weighted by molar-refractivity contribution is 0.405. The molecule has 0 spiro atoms. The molecule has 1 saturated carbocycles. The van der Waals surface area contributed by atoms with Gasteiger partial charge in [0.05, 0.1) is 12.2 Å². The molecule has 1 heterocycles. The van der Waals surface area contributed by atoms with Crippen LogP contribution in [0.2, 0.25) is 0 Å². The van der Waals surface area contributed by atoms with Crippen LogP contribution >= 0.6 is 0 Å². The van der Waals surface area contributed by atoms with E-state index in [9.17, 15) is 0 Å². The first-order valence-corrected chi connectivity index (χ1v) is 6.54. The molecule has 16 heavy (non-hydrogen) atoms. The van der Waals surface area contributed by atoms with E-state index in [1.54, 1.807) is 0 Å². The van der Waals surface area contributed by atoms with Crippen LogP contribution in [0.25, 0.3) is 0 Å². The summed E-state index contributed by atoms with van der Waals surface area (Å²) < 4.78 is 2.17. The Morgan fingerprint density at radius 3 is 2.69 bits per heavy atom. The minimum Gasteiger partial charge on any atom is -0.328 e. The topological polar surface area (TPSA) is 43.8 Å². The summed E-state index contributed by atoms with van der Waals surface area (Å²) in [5.41, 5.74) is 7.08. The molecule has 1 aliphatic rings. The van der Waals surface area contributed by atoms with Crippen molar-refractivity contribution in [3.63, 3.8) is 0 Å². The minimum absolute atomic E-state index is 0.229. The van der Waals surface area contributed by atoms with Crippen LogP contribution in [0.3, 0.4) is 0 Å². The van der Waals surface area contributed by atoms with Gasteiger partial charge in [0.2, 0.25) is 0 Å². The zero-order valence-electron chi connectivity index (χ0n) is 10.2. The molecule has 0 saturated heterocycles. The van der Waals surface area contributed by atoms with E-state index < -0.39 is 0 Å². The Labute approximate surface area is 98.0 Å². The van der Waals surface area contributed by atoms with Crippen LogP contribution in [-0.4, -0.2) is 15.8 Å². The maximum atomic E-state index is 5.80. The van der Waals surface area contributed by atoms with Gasteiger partial charge in [0, 0.05) is 12.2 Å². The maximum absolute atomic E-state index is 5.80. The van der Waals surface area contributed by atoms with Crippen LogP contribution in [0.1, 0.15) is 57.1 Å². The Morgan fingerprint density at radius 1 is 1.38 bits per heavy atom. The molecular weight excluding hydrogens is 198 g/mol. The zero-order chi connectivity index (χ0) is 11.4. The summed E-state index contributed by atoms with van der Waals surface area (Å²) in [4.78, 5) is 0. The average molecular weight is 221 g/mol. The second-order valence-electron chi connectivity index (χ2n) is 5.16. The van der Waals surface area contributed by atoms with E-state index in [0.29, 0.717) is 6.04 Å². The highest BCUT2D eigenvalue weighted by atomic mass is 15.3. The Bertz CT molecular complexity index is 309. The summed E-state index contributed by atoms with van der Waals surface area (Å²) in [7, 11) is 0. The van der Waals surface area contributed by atoms with Crippen molar-refractivity contribution in [3.05, 3.63) is 18.0 Å². The molecule has 0 bridgehead atoms. The predicted molar refractivity (Wildman–Crippen MR) is 66.3 cm³/mol. The standard InChI is InChI=1S/C13H23N3/c1-11(14)8-12-9-15-16(10-12)13-6-4-2-3-5-7-13/h9-11,13H,2-8,14H2,1H3. The minimum atomic E-state index is 0.229. The fraction of sp³-hybridized carbons (Fsp3) is 0.769. The molecule has 90 valence electrons. The van der Waals surface area contributed by atoms with Crippen molar-refractivity contribution in [2.24, 2.45) is 5.73 Å². The van der Waals surface area contributed by atoms with E-state index in [1.165, 1.54) is 44.1 Å². The Morgan fingerprint density at radius 2 is 2.06 bits per heavy atom. The van der Waals surface area contributed by atoms with E-state index >= 15 is 0 Å². The summed E-state index contributed by atoms with van der Waals surface area (Å²) in [5, 5.41) is 4.50. The van der Waals surface area contributed by atoms with Gasteiger partial charge in [0.1, 0.15) is 0 Å². The molecule has 2 N–H and O–H groups in total. The third-order valence-corrected chi connectivity index (χ3v) is 3.41. The average Bonchev–Trinajstić information content (AvgIpc) is 2.53. The molecule has 1 aromatic heterocycles. The third kappa shape index (κ3) is 3.08. The number of rotatable bonds is 3. The molecule has 3 nitrogen and oxygen atoms in total. The molecular formula is C13H23N3. The third-order valence-electron chi connectivity index (χ3n) is 3.41. The number of aromatic nitrogens is 2. The number of hydrogen-bond acceptors (Lipinski definition) is 2. The maximum Gasteiger partial charge on any atom is 0.0522 e. The van der Waals surface area contributed by atoms with E-state index in [1.807, 2.05) is 13.1 Å². The highest BCUT2D eigenvalue weighted by Gasteiger charge is 2.14. The van der Waals surface area contributed by atoms with Gasteiger partial charge in [-0.05, 0) is 31.7 Å². The first-order chi connectivity index (χ1) is 7.75. The molecule has 1 atom stereocenters. The Balaban J connectivity index is 1.99. The second kappa shape index (κ2) is 5.48. The SMILES string of the molecule is CC(N)Cc1cnn(C2CCCCCC2)c1. The van der Waals surface area contributed by atoms with E-state index in [-0.39, 0.29) is 6.04 Å². The Hall–Kier alpha value is -0.830. The molecule has 1 fully saturated rings. The van der Waals surface area contributed by atoms with Gasteiger partial charge in [-0.25, -0.2) is 0 Å². The van der Waals surface area contributed by atoms with Gasteiger partial charge >= 0.3 is 0 Å². The highest BCUT2D eigenvalue weighted by molar-refractivity contribution is 5.06. The molecule has 1 unspecified atom stereocenters. The number of hydrogen-bond donors (Lipinski definition) is 1. The second-order valence-corrected chi connectivity index (χ2v) is 5.16. The van der Waals surface area contributed by atoms with E-state index in [0.717, 1.165) is 6.42 Å². The fourth-order valence-corrected chi connectivity index (χ4v) is 2.58. The van der Waals surface area contributed by atoms with Crippen LogP contribution in [0.5, 0.6) is 0 Å². The fourth-order valence-electron chi connectivity index (χ4n) is 2.58. The first kappa shape index (κ1) is 11.6. The van der Waals surface area contributed by atoms with Gasteiger partial charge in [-0.2, -0.15) is 5.10 Å². The predicted octanol–water partition coefficient (Wildman–Crippen LogP) is 2.67. The summed E-state index contributed by atoms with van der Waals surface area (Å²) in [6.07, 6.45) is 13.2. The molecule has 3 heteroatoms. The highest BCUT2D eigenvalue weighted by Crippen LogP contribution is 2.26. The molecule has 1 aromatic rings. The largest absolute Gasteiger partial charge is 0.328 e. The monoisotopic (exact) mass is 221 g/mol. The number of nitrogens with two attached hydrogens (primary N) is 1. The lowest BCUT2D eigenvalue weighted by atomic mass is 10.1. The van der Waals surface area contributed by atoms with Crippen LogP contribution in [0.4, 0.5) is 0 Å². The normalized spacial score (nSPS) is 20.6. The summed E-state index contributed by atoms with van der Waals surface area (Å²) in [6.45, 7) is 2.04. The van der Waals surface area contributed by atoms with Crippen LogP contribution in [0, 0.1) is 0 Å². The van der Waals surface area contributed by atoms with Crippen molar-refractivity contribution in [2.75, 3.05) is 0 Å². The lowest BCUT2D eigenvalue weighted by Gasteiger charge is -2.14. The first-order valence-electron chi connectivity index (χ1n) is 6.54. The molecule has 0 aromatic carbocycles. The van der Waals surface area contributed by atoms with Gasteiger partial charge in [-0.3, -0.25) is 4.68 Å². The summed E-state index contributed by atoms with van der Waals surface area (Å²) >= 11 is 0. The quantitative estimate of drug-likeness (QED) is 0.797. The van der Waals surface area contributed by atoms with Crippen LogP contribution < -0.4 is 5.73 Å². The molecule has 0 amide bonds. The van der Waals surface area contributed by atoms with Crippen molar-refractivity contribution < 1.29 is 0 Å². The van der Waals surface area contributed by atoms with Crippen molar-refractivity contribution >= 4 is 0 Å². The van der Waals surface area contributed by atoms with Gasteiger partial charge in [0.25, 0.3) is 0 Å². The molecule has 2 rings (SSSR count). The lowest BCUT2D eigenvalue weighted by Crippen LogP contribution is -2.17. The van der Waals surface area contributed by atoms with Gasteiger partial charge in [0.15, 0.2) is 0 Å². The van der Waals surface area contributed by atoms with Crippen molar-refractivity contribution in [1.29, 1.82) is 0 Å². The number of nitrogens with zero attached hydrogens (tertiary/aromatic N) is 2. The summed E-state index contributed by atoms with van der Waals surface area (Å²) in [5.74, 6) is 0. The van der Waals surface area contributed by atoms with E-state index in [2.05, 4.69) is 16.0 Å². The molecule has 0 aliphatic heterocycles. The zero-order valence-corrected chi connectivity index (χ0v) is 10.2. The van der Waals surface area contributed by atoms with Crippen molar-refractivity contribution in [3.8, 4) is 0 Å². The van der Waals surface area contributed by atoms with Gasteiger partial charge in [-0.15, -0.1) is 0 Å². The molecule has 0 radical (unpaired) electrons. The van der Waals surface area contributed by atoms with E-state index in [4.69, 9.17) is 5.73 Å². The van der Waals surface area contributed by atoms with Gasteiger partial charge in [-0.1, -0.05) is 25.7 Å². The smallest absolute Gasteiger partial charge is 0.0522 e. The van der Waals surface area contributed by atoms with Crippen molar-refractivity contribution in [2.45, 2.75) is 64.0 Å². The van der Waals surface area contributed by atoms with Crippen molar-refractivity contribution in [1.82, 2.24) is 9.78 Å². The summed E-state index contributed by atoms with van der Waals surface area (Å²) in [6, 6.07) is 0.858. The van der Waals surface area contributed by atoms with Crippen LogP contribution in [0.15, 0.2) is 12.4 Å². The Kier molecular flexibility index (Phi) is 3.99.